The minimum atomic E-state index is -0.513. The third kappa shape index (κ3) is 4.40. The molecule has 168 valence electrons. The zero-order valence-electron chi connectivity index (χ0n) is 18.6. The Labute approximate surface area is 193 Å². The van der Waals surface area contributed by atoms with E-state index in [9.17, 15) is 14.4 Å². The zero-order chi connectivity index (χ0) is 22.8. The molecule has 5 rings (SSSR count). The summed E-state index contributed by atoms with van der Waals surface area (Å²) in [4.78, 5) is 39.4. The van der Waals surface area contributed by atoms with Crippen LogP contribution in [0.2, 0.25) is 0 Å². The van der Waals surface area contributed by atoms with Gasteiger partial charge in [0.25, 0.3) is 5.91 Å². The maximum absolute atomic E-state index is 13.1. The van der Waals surface area contributed by atoms with E-state index >= 15 is 0 Å². The van der Waals surface area contributed by atoms with E-state index in [-0.39, 0.29) is 23.8 Å². The van der Waals surface area contributed by atoms with Crippen LogP contribution < -0.4 is 5.32 Å². The van der Waals surface area contributed by atoms with E-state index in [2.05, 4.69) is 17.4 Å². The van der Waals surface area contributed by atoms with Crippen LogP contribution in [-0.2, 0) is 22.6 Å². The second-order valence-electron chi connectivity index (χ2n) is 9.24. The van der Waals surface area contributed by atoms with Gasteiger partial charge in [-0.2, -0.15) is 0 Å². The highest BCUT2D eigenvalue weighted by molar-refractivity contribution is 6.02. The Morgan fingerprint density at radius 1 is 0.970 bits per heavy atom. The van der Waals surface area contributed by atoms with Crippen LogP contribution in [0.1, 0.15) is 47.2 Å². The van der Waals surface area contributed by atoms with Gasteiger partial charge in [0.15, 0.2) is 0 Å². The third-order valence-corrected chi connectivity index (χ3v) is 7.10. The van der Waals surface area contributed by atoms with Crippen molar-refractivity contribution in [3.63, 3.8) is 0 Å². The number of carbonyl (C=O) groups is 3. The van der Waals surface area contributed by atoms with Crippen molar-refractivity contribution in [1.82, 2.24) is 10.2 Å². The van der Waals surface area contributed by atoms with Gasteiger partial charge in [-0.15, -0.1) is 0 Å². The highest BCUT2D eigenvalue weighted by Gasteiger charge is 2.36. The van der Waals surface area contributed by atoms with Crippen molar-refractivity contribution in [2.24, 2.45) is 5.92 Å². The number of aldehydes is 1. The number of nitrogens with one attached hydrogen (secondary N) is 1. The van der Waals surface area contributed by atoms with E-state index in [1.54, 1.807) is 0 Å². The molecule has 1 fully saturated rings. The largest absolute Gasteiger partial charge is 0.346 e. The number of hydrogen-bond acceptors (Lipinski definition) is 3. The van der Waals surface area contributed by atoms with Crippen LogP contribution in [0.4, 0.5) is 0 Å². The van der Waals surface area contributed by atoms with Gasteiger partial charge in [0.2, 0.25) is 5.91 Å². The molecule has 0 bridgehead atoms. The van der Waals surface area contributed by atoms with Crippen LogP contribution in [-0.4, -0.2) is 35.1 Å². The fourth-order valence-electron chi connectivity index (χ4n) is 5.27. The Morgan fingerprint density at radius 3 is 2.33 bits per heavy atom. The van der Waals surface area contributed by atoms with Gasteiger partial charge in [0.05, 0.1) is 6.04 Å². The zero-order valence-corrected chi connectivity index (χ0v) is 18.6. The van der Waals surface area contributed by atoms with Gasteiger partial charge in [-0.1, -0.05) is 54.6 Å². The number of benzene rings is 3. The summed E-state index contributed by atoms with van der Waals surface area (Å²) in [6.07, 6.45) is 4.40. The number of amides is 2. The molecule has 33 heavy (non-hydrogen) atoms. The van der Waals surface area contributed by atoms with Crippen molar-refractivity contribution in [3.8, 4) is 0 Å². The van der Waals surface area contributed by atoms with Gasteiger partial charge in [0.1, 0.15) is 6.29 Å². The molecule has 1 saturated carbocycles. The van der Waals surface area contributed by atoms with Gasteiger partial charge in [-0.05, 0) is 66.1 Å². The fraction of sp³-hybridized carbons (Fsp3) is 0.321. The number of carbonyl (C=O) groups excluding carboxylic acids is 3. The average Bonchev–Trinajstić information content (AvgIpc) is 3.18. The molecule has 1 heterocycles. The molecule has 0 spiro atoms. The molecule has 2 amide bonds. The summed E-state index contributed by atoms with van der Waals surface area (Å²) in [6, 6.07) is 21.6. The Morgan fingerprint density at radius 2 is 1.64 bits per heavy atom. The van der Waals surface area contributed by atoms with Gasteiger partial charge >= 0.3 is 0 Å². The fourth-order valence-corrected chi connectivity index (χ4v) is 5.27. The van der Waals surface area contributed by atoms with E-state index in [1.807, 2.05) is 59.5 Å². The lowest BCUT2D eigenvalue weighted by molar-refractivity contribution is -0.128. The molecule has 0 aromatic heterocycles. The molecule has 3 aromatic rings. The number of rotatable bonds is 6. The Kier molecular flexibility index (Phi) is 5.95. The normalized spacial score (nSPS) is 21.0. The molecule has 1 atom stereocenters. The molecule has 0 radical (unpaired) electrons. The third-order valence-electron chi connectivity index (χ3n) is 7.10. The standard InChI is InChI=1S/C28H28N2O3/c31-18-24(14-19-6-2-1-3-7-19)29-27(32)20-10-12-25(13-11-20)30-17-23-15-21-8-4-5-9-22(21)16-26(23)28(30)33/h1-9,15-16,18,20,24-25H,10-14,17H2,(H,29,32). The molecule has 1 aliphatic heterocycles. The van der Waals surface area contributed by atoms with Crippen LogP contribution in [0.3, 0.4) is 0 Å². The van der Waals surface area contributed by atoms with Gasteiger partial charge in [-0.25, -0.2) is 0 Å². The average molecular weight is 441 g/mol. The summed E-state index contributed by atoms with van der Waals surface area (Å²) >= 11 is 0. The van der Waals surface area contributed by atoms with Crippen molar-refractivity contribution >= 4 is 28.9 Å². The number of hydrogen-bond donors (Lipinski definition) is 1. The number of fused-ring (bicyclic) bond motifs is 2. The first-order valence-corrected chi connectivity index (χ1v) is 11.7. The van der Waals surface area contributed by atoms with Crippen LogP contribution in [0.25, 0.3) is 10.8 Å². The van der Waals surface area contributed by atoms with Crippen LogP contribution >= 0.6 is 0 Å². The van der Waals surface area contributed by atoms with Crippen LogP contribution in [0.15, 0.2) is 66.7 Å². The molecule has 1 unspecified atom stereocenters. The highest BCUT2D eigenvalue weighted by Crippen LogP contribution is 2.35. The minimum Gasteiger partial charge on any atom is -0.346 e. The minimum absolute atomic E-state index is 0.0521. The first-order valence-electron chi connectivity index (χ1n) is 11.7. The quantitative estimate of drug-likeness (QED) is 0.582. The molecule has 5 heteroatoms. The molecule has 3 aromatic carbocycles. The lowest BCUT2D eigenvalue weighted by Crippen LogP contribution is -2.44. The lowest BCUT2D eigenvalue weighted by atomic mass is 9.84. The van der Waals surface area contributed by atoms with Crippen molar-refractivity contribution in [1.29, 1.82) is 0 Å². The molecule has 0 saturated heterocycles. The first kappa shape index (κ1) is 21.4. The second kappa shape index (κ2) is 9.18. The second-order valence-corrected chi connectivity index (χ2v) is 9.24. The smallest absolute Gasteiger partial charge is 0.254 e. The summed E-state index contributed by atoms with van der Waals surface area (Å²) in [6.45, 7) is 0.644. The molecule has 5 nitrogen and oxygen atoms in total. The van der Waals surface area contributed by atoms with E-state index in [1.165, 1.54) is 0 Å². The predicted molar refractivity (Wildman–Crippen MR) is 128 cm³/mol. The summed E-state index contributed by atoms with van der Waals surface area (Å²) in [5.74, 6) is -0.0570. The lowest BCUT2D eigenvalue weighted by Gasteiger charge is -2.34. The highest BCUT2D eigenvalue weighted by atomic mass is 16.2. The van der Waals surface area contributed by atoms with Gasteiger partial charge in [-0.3, -0.25) is 9.59 Å². The first-order chi connectivity index (χ1) is 16.1. The van der Waals surface area contributed by atoms with Crippen molar-refractivity contribution < 1.29 is 14.4 Å². The van der Waals surface area contributed by atoms with E-state index in [0.29, 0.717) is 13.0 Å². The molecular weight excluding hydrogens is 412 g/mol. The maximum atomic E-state index is 13.1. The molecule has 1 aliphatic carbocycles. The van der Waals surface area contributed by atoms with Crippen molar-refractivity contribution in [2.75, 3.05) is 0 Å². The topological polar surface area (TPSA) is 66.5 Å². The summed E-state index contributed by atoms with van der Waals surface area (Å²) in [5, 5.41) is 5.17. The van der Waals surface area contributed by atoms with Crippen molar-refractivity contribution in [2.45, 2.75) is 50.7 Å². The van der Waals surface area contributed by atoms with E-state index < -0.39 is 6.04 Å². The Hall–Kier alpha value is -3.47. The summed E-state index contributed by atoms with van der Waals surface area (Å²) < 4.78 is 0. The molecular formula is C28H28N2O3. The van der Waals surface area contributed by atoms with Crippen LogP contribution in [0, 0.1) is 5.92 Å². The van der Waals surface area contributed by atoms with Crippen LogP contribution in [0.5, 0.6) is 0 Å². The molecule has 2 aliphatic rings. The van der Waals surface area contributed by atoms with Gasteiger partial charge < -0.3 is 15.0 Å². The monoisotopic (exact) mass is 440 g/mol. The number of nitrogens with zero attached hydrogens (tertiary/aromatic N) is 1. The summed E-state index contributed by atoms with van der Waals surface area (Å²) in [5.41, 5.74) is 2.93. The van der Waals surface area contributed by atoms with E-state index in [4.69, 9.17) is 0 Å². The predicted octanol–water partition coefficient (Wildman–Crippen LogP) is 4.28. The van der Waals surface area contributed by atoms with E-state index in [0.717, 1.165) is 59.4 Å². The summed E-state index contributed by atoms with van der Waals surface area (Å²) in [7, 11) is 0. The maximum Gasteiger partial charge on any atom is 0.254 e. The molecule has 1 N–H and O–H groups in total. The Bertz CT molecular complexity index is 1180. The van der Waals surface area contributed by atoms with Gasteiger partial charge in [0, 0.05) is 24.1 Å². The van der Waals surface area contributed by atoms with Crippen molar-refractivity contribution in [3.05, 3.63) is 83.4 Å². The Balaban J connectivity index is 1.18. The SMILES string of the molecule is O=CC(Cc1ccccc1)NC(=O)C1CCC(N2Cc3cc4ccccc4cc3C2=O)CC1.